The van der Waals surface area contributed by atoms with Crippen LogP contribution in [-0.4, -0.2) is 21.8 Å². The highest BCUT2D eigenvalue weighted by Gasteiger charge is 2.06. The minimum absolute atomic E-state index is 0.0266. The minimum atomic E-state index is -0.0411. The molecular formula is C9H15NO3. The summed E-state index contributed by atoms with van der Waals surface area (Å²) in [7, 11) is 0. The molecule has 0 atom stereocenters. The second-order valence-corrected chi connectivity index (χ2v) is 3.44. The fourth-order valence-corrected chi connectivity index (χ4v) is 0.986. The largest absolute Gasteiger partial charge is 0.495 e. The molecule has 0 radical (unpaired) electrons. The number of rotatable bonds is 4. The lowest BCUT2D eigenvalue weighted by Crippen LogP contribution is -2.01. The summed E-state index contributed by atoms with van der Waals surface area (Å²) in [5.41, 5.74) is 0.582. The Morgan fingerprint density at radius 1 is 1.46 bits per heavy atom. The number of nitrogens with one attached hydrogen (secondary N) is 1. The lowest BCUT2D eigenvalue weighted by molar-refractivity contribution is 0.0956. The molecule has 1 aromatic rings. The van der Waals surface area contributed by atoms with Crippen molar-refractivity contribution in [3.63, 3.8) is 0 Å². The predicted octanol–water partition coefficient (Wildman–Crippen LogP) is 1.60. The van der Waals surface area contributed by atoms with Crippen molar-refractivity contribution in [3.05, 3.63) is 11.6 Å². The van der Waals surface area contributed by atoms with E-state index in [0.29, 0.717) is 24.7 Å². The fraction of sp³-hybridized carbons (Fsp3) is 0.556. The maximum absolute atomic E-state index is 9.20. The molecule has 0 aliphatic carbocycles. The van der Waals surface area contributed by atoms with E-state index in [0.717, 1.165) is 0 Å². The van der Waals surface area contributed by atoms with Crippen LogP contribution in [0.4, 0.5) is 0 Å². The number of hydrogen-bond acceptors (Lipinski definition) is 3. The van der Waals surface area contributed by atoms with Crippen LogP contribution in [0.15, 0.2) is 6.07 Å². The molecule has 0 amide bonds. The molecule has 1 heterocycles. The molecule has 13 heavy (non-hydrogen) atoms. The first-order chi connectivity index (χ1) is 6.09. The van der Waals surface area contributed by atoms with E-state index in [1.807, 2.05) is 0 Å². The van der Waals surface area contributed by atoms with Crippen molar-refractivity contribution in [2.24, 2.45) is 5.92 Å². The Hall–Kier alpha value is -1.16. The molecule has 3 N–H and O–H groups in total. The Balaban J connectivity index is 2.40. The summed E-state index contributed by atoms with van der Waals surface area (Å²) in [6, 6.07) is 1.45. The van der Waals surface area contributed by atoms with Gasteiger partial charge in [-0.3, -0.25) is 4.98 Å². The van der Waals surface area contributed by atoms with Gasteiger partial charge in [0.15, 0.2) is 11.8 Å². The third-order valence-electron chi connectivity index (χ3n) is 1.57. The summed E-state index contributed by atoms with van der Waals surface area (Å²) >= 11 is 0. The van der Waals surface area contributed by atoms with Crippen LogP contribution in [0.2, 0.25) is 0 Å². The minimum Gasteiger partial charge on any atom is -0.495 e. The Morgan fingerprint density at radius 2 is 2.15 bits per heavy atom. The highest BCUT2D eigenvalue weighted by atomic mass is 16.5. The Bertz CT molecular complexity index is 268. The molecule has 74 valence electrons. The van der Waals surface area contributed by atoms with Gasteiger partial charge in [0.25, 0.3) is 0 Å². The first-order valence-electron chi connectivity index (χ1n) is 4.27. The lowest BCUT2D eigenvalue weighted by atomic mass is 10.2. The molecular weight excluding hydrogens is 170 g/mol. The maximum atomic E-state index is 9.20. The van der Waals surface area contributed by atoms with Gasteiger partial charge in [-0.2, -0.15) is 0 Å². The van der Waals surface area contributed by atoms with Gasteiger partial charge in [-0.15, -0.1) is 0 Å². The van der Waals surface area contributed by atoms with E-state index < -0.39 is 0 Å². The first-order valence-corrected chi connectivity index (χ1v) is 4.27. The van der Waals surface area contributed by atoms with E-state index in [1.165, 1.54) is 6.07 Å². The van der Waals surface area contributed by atoms with E-state index in [9.17, 15) is 5.11 Å². The van der Waals surface area contributed by atoms with Gasteiger partial charge in [0.1, 0.15) is 0 Å². The molecule has 0 unspecified atom stereocenters. The Kier molecular flexibility index (Phi) is 3.19. The molecule has 0 fully saturated rings. The average molecular weight is 185 g/mol. The van der Waals surface area contributed by atoms with Gasteiger partial charge < -0.3 is 14.9 Å². The third kappa shape index (κ3) is 2.99. The normalized spacial score (nSPS) is 11.0. The quantitative estimate of drug-likeness (QED) is 0.667. The van der Waals surface area contributed by atoms with Crippen molar-refractivity contribution in [2.75, 3.05) is 6.61 Å². The lowest BCUT2D eigenvalue weighted by Gasteiger charge is -2.05. The Morgan fingerprint density at radius 3 is 2.62 bits per heavy atom. The van der Waals surface area contributed by atoms with Crippen LogP contribution in [0.5, 0.6) is 11.8 Å². The van der Waals surface area contributed by atoms with Crippen molar-refractivity contribution in [3.8, 4) is 11.8 Å². The number of hydrogen-bond donors (Lipinski definition) is 3. The van der Waals surface area contributed by atoms with Gasteiger partial charge in [-0.05, 0) is 5.92 Å². The van der Waals surface area contributed by atoms with Crippen LogP contribution in [0, 0.1) is 5.92 Å². The van der Waals surface area contributed by atoms with E-state index in [4.69, 9.17) is 9.84 Å². The van der Waals surface area contributed by atoms with Crippen molar-refractivity contribution in [2.45, 2.75) is 20.5 Å². The van der Waals surface area contributed by atoms with Gasteiger partial charge in [-0.1, -0.05) is 13.8 Å². The maximum Gasteiger partial charge on any atom is 0.196 e. The summed E-state index contributed by atoms with van der Waals surface area (Å²) in [6.07, 6.45) is 0. The predicted molar refractivity (Wildman–Crippen MR) is 48.6 cm³/mol. The zero-order valence-electron chi connectivity index (χ0n) is 7.87. The van der Waals surface area contributed by atoms with Crippen LogP contribution >= 0.6 is 0 Å². The van der Waals surface area contributed by atoms with Crippen molar-refractivity contribution >= 4 is 0 Å². The summed E-state index contributed by atoms with van der Waals surface area (Å²) in [5.74, 6) is 0.400. The molecule has 0 aliphatic rings. The standard InChI is InChI=1S/C9H15NO3/c1-6(2)4-13-5-7-3-8(11)10-9(7)12/h3,6,10-12H,4-5H2,1-2H3. The molecule has 0 spiro atoms. The molecule has 4 heteroatoms. The summed E-state index contributed by atoms with van der Waals surface area (Å²) < 4.78 is 5.28. The fourth-order valence-electron chi connectivity index (χ4n) is 0.986. The third-order valence-corrected chi connectivity index (χ3v) is 1.57. The van der Waals surface area contributed by atoms with Gasteiger partial charge in [0.2, 0.25) is 0 Å². The highest BCUT2D eigenvalue weighted by Crippen LogP contribution is 2.22. The molecule has 0 aliphatic heterocycles. The topological polar surface area (TPSA) is 65.5 Å². The van der Waals surface area contributed by atoms with Gasteiger partial charge >= 0.3 is 0 Å². The molecule has 0 saturated heterocycles. The summed E-state index contributed by atoms with van der Waals surface area (Å²) in [4.78, 5) is 2.38. The zero-order chi connectivity index (χ0) is 9.84. The smallest absolute Gasteiger partial charge is 0.196 e. The molecule has 0 bridgehead atoms. The van der Waals surface area contributed by atoms with E-state index >= 15 is 0 Å². The molecule has 1 rings (SSSR count). The van der Waals surface area contributed by atoms with Crippen LogP contribution in [0.25, 0.3) is 0 Å². The van der Waals surface area contributed by atoms with Crippen molar-refractivity contribution in [1.29, 1.82) is 0 Å². The van der Waals surface area contributed by atoms with Crippen LogP contribution in [-0.2, 0) is 11.3 Å². The zero-order valence-corrected chi connectivity index (χ0v) is 7.87. The van der Waals surface area contributed by atoms with Crippen LogP contribution in [0.3, 0.4) is 0 Å². The Labute approximate surface area is 77.2 Å². The highest BCUT2D eigenvalue weighted by molar-refractivity contribution is 5.31. The van der Waals surface area contributed by atoms with E-state index in [-0.39, 0.29) is 11.8 Å². The first kappa shape index (κ1) is 9.92. The van der Waals surface area contributed by atoms with E-state index in [2.05, 4.69) is 18.8 Å². The second kappa shape index (κ2) is 4.18. The summed E-state index contributed by atoms with van der Waals surface area (Å²) in [6.45, 7) is 5.06. The van der Waals surface area contributed by atoms with Gasteiger partial charge in [0.05, 0.1) is 6.61 Å². The molecule has 0 aromatic carbocycles. The van der Waals surface area contributed by atoms with Gasteiger partial charge in [0, 0.05) is 18.2 Å². The average Bonchev–Trinajstić information content (AvgIpc) is 2.29. The SMILES string of the molecule is CC(C)COCc1cc(O)[nH]c1O. The number of aromatic nitrogens is 1. The monoisotopic (exact) mass is 185 g/mol. The van der Waals surface area contributed by atoms with Crippen molar-refractivity contribution < 1.29 is 14.9 Å². The summed E-state index contributed by atoms with van der Waals surface area (Å²) in [5, 5.41) is 18.2. The molecule has 1 aromatic heterocycles. The number of aromatic amines is 1. The number of H-pyrrole nitrogens is 1. The van der Waals surface area contributed by atoms with E-state index in [1.54, 1.807) is 0 Å². The van der Waals surface area contributed by atoms with Crippen molar-refractivity contribution in [1.82, 2.24) is 4.98 Å². The van der Waals surface area contributed by atoms with Gasteiger partial charge in [-0.25, -0.2) is 0 Å². The second-order valence-electron chi connectivity index (χ2n) is 3.44. The number of ether oxygens (including phenoxy) is 1. The molecule has 4 nitrogen and oxygen atoms in total. The number of aromatic hydroxyl groups is 2. The molecule has 0 saturated carbocycles. The van der Waals surface area contributed by atoms with Crippen LogP contribution < -0.4 is 0 Å². The van der Waals surface area contributed by atoms with Crippen LogP contribution in [0.1, 0.15) is 19.4 Å².